The molecule has 0 aliphatic carbocycles. The van der Waals surface area contributed by atoms with Crippen molar-refractivity contribution in [3.8, 4) is 45.3 Å². The highest BCUT2D eigenvalue weighted by Crippen LogP contribution is 2.41. The van der Waals surface area contributed by atoms with Crippen LogP contribution in [0.1, 0.15) is 0 Å². The minimum absolute atomic E-state index is 0.611. The first kappa shape index (κ1) is 32.9. The molecule has 0 unspecified atom stereocenters. The molecule has 0 saturated heterocycles. The number of fused-ring (bicyclic) bond motifs is 12. The van der Waals surface area contributed by atoms with Crippen LogP contribution in [-0.2, 0) is 0 Å². The Balaban J connectivity index is 0.990. The number of hydrogen-bond acceptors (Lipinski definition) is 5. The van der Waals surface area contributed by atoms with Crippen molar-refractivity contribution in [3.63, 3.8) is 0 Å². The average molecular weight is 766 g/mol. The van der Waals surface area contributed by atoms with Crippen LogP contribution in [0.3, 0.4) is 0 Å². The zero-order valence-electron chi connectivity index (χ0n) is 32.1. The van der Waals surface area contributed by atoms with Gasteiger partial charge in [0, 0.05) is 38.2 Å². The number of benzene rings is 10. The topological polar surface area (TPSA) is 65.0 Å². The van der Waals surface area contributed by atoms with Crippen molar-refractivity contribution in [2.45, 2.75) is 0 Å². The molecule has 278 valence electrons. The van der Waals surface area contributed by atoms with Crippen molar-refractivity contribution in [2.75, 3.05) is 0 Å². The normalized spacial score (nSPS) is 12.0. The van der Waals surface area contributed by atoms with Crippen molar-refractivity contribution < 1.29 is 8.83 Å². The Hall–Kier alpha value is -8.15. The van der Waals surface area contributed by atoms with Gasteiger partial charge in [-0.15, -0.1) is 0 Å². The zero-order chi connectivity index (χ0) is 39.3. The average Bonchev–Trinajstić information content (AvgIpc) is 3.90. The lowest BCUT2D eigenvalue weighted by molar-refractivity contribution is 0.668. The number of furan rings is 2. The molecule has 0 saturated carbocycles. The minimum atomic E-state index is 0.611. The van der Waals surface area contributed by atoms with E-state index in [0.29, 0.717) is 17.5 Å². The van der Waals surface area contributed by atoms with E-state index in [0.717, 1.165) is 98.6 Å². The maximum Gasteiger partial charge on any atom is 0.164 e. The molecule has 5 nitrogen and oxygen atoms in total. The van der Waals surface area contributed by atoms with E-state index in [9.17, 15) is 0 Å². The predicted molar refractivity (Wildman–Crippen MR) is 246 cm³/mol. The first-order valence-corrected chi connectivity index (χ1v) is 20.2. The molecule has 0 spiro atoms. The summed E-state index contributed by atoms with van der Waals surface area (Å²) in [7, 11) is 0. The van der Waals surface area contributed by atoms with Gasteiger partial charge in [-0.1, -0.05) is 146 Å². The quantitative estimate of drug-likeness (QED) is 0.167. The van der Waals surface area contributed by atoms with Gasteiger partial charge < -0.3 is 8.83 Å². The molecule has 0 amide bonds. The maximum absolute atomic E-state index is 6.27. The third kappa shape index (κ3) is 5.03. The summed E-state index contributed by atoms with van der Waals surface area (Å²) in [5, 5.41) is 13.7. The fraction of sp³-hybridized carbons (Fsp3) is 0. The summed E-state index contributed by atoms with van der Waals surface area (Å²) in [6.07, 6.45) is 0. The minimum Gasteiger partial charge on any atom is -0.456 e. The van der Waals surface area contributed by atoms with E-state index in [1.807, 2.05) is 30.3 Å². The summed E-state index contributed by atoms with van der Waals surface area (Å²) < 4.78 is 12.5. The van der Waals surface area contributed by atoms with Gasteiger partial charge in [-0.2, -0.15) is 0 Å². The Kier molecular flexibility index (Phi) is 6.95. The van der Waals surface area contributed by atoms with Crippen LogP contribution in [0.15, 0.2) is 197 Å². The molecule has 3 aromatic heterocycles. The lowest BCUT2D eigenvalue weighted by Gasteiger charge is -2.12. The lowest BCUT2D eigenvalue weighted by atomic mass is 9.94. The summed E-state index contributed by atoms with van der Waals surface area (Å²) in [6, 6.07) is 65.8. The van der Waals surface area contributed by atoms with Crippen LogP contribution in [-0.4, -0.2) is 15.0 Å². The van der Waals surface area contributed by atoms with E-state index in [-0.39, 0.29) is 0 Å². The van der Waals surface area contributed by atoms with Crippen LogP contribution >= 0.6 is 0 Å². The van der Waals surface area contributed by atoms with Crippen molar-refractivity contribution in [1.29, 1.82) is 0 Å². The maximum atomic E-state index is 6.27. The molecule has 60 heavy (non-hydrogen) atoms. The van der Waals surface area contributed by atoms with Crippen molar-refractivity contribution in [2.24, 2.45) is 0 Å². The number of para-hydroxylation sites is 2. The fourth-order valence-corrected chi connectivity index (χ4v) is 9.26. The van der Waals surface area contributed by atoms with Crippen LogP contribution in [0.4, 0.5) is 0 Å². The van der Waals surface area contributed by atoms with Crippen LogP contribution in [0.5, 0.6) is 0 Å². The molecule has 0 atom stereocenters. The summed E-state index contributed by atoms with van der Waals surface area (Å²) >= 11 is 0. The Bertz CT molecular complexity index is 3910. The lowest BCUT2D eigenvalue weighted by Crippen LogP contribution is -2.00. The Morgan fingerprint density at radius 1 is 0.267 bits per heavy atom. The molecule has 0 radical (unpaired) electrons. The predicted octanol–water partition coefficient (Wildman–Crippen LogP) is 15.0. The Labute approximate surface area is 342 Å². The molecule has 0 fully saturated rings. The van der Waals surface area contributed by atoms with E-state index in [1.54, 1.807) is 0 Å². The van der Waals surface area contributed by atoms with Gasteiger partial charge in [0.1, 0.15) is 22.3 Å². The molecule has 0 N–H and O–H groups in total. The van der Waals surface area contributed by atoms with Crippen molar-refractivity contribution in [1.82, 2.24) is 15.0 Å². The smallest absolute Gasteiger partial charge is 0.164 e. The molecule has 5 heteroatoms. The molecule has 0 aliphatic heterocycles. The fourth-order valence-electron chi connectivity index (χ4n) is 9.26. The number of rotatable bonds is 4. The molecular weight excluding hydrogens is 735 g/mol. The number of aromatic nitrogens is 3. The van der Waals surface area contributed by atoms with Crippen molar-refractivity contribution >= 4 is 87.0 Å². The van der Waals surface area contributed by atoms with Crippen LogP contribution in [0, 0.1) is 0 Å². The van der Waals surface area contributed by atoms with Gasteiger partial charge in [-0.05, 0) is 96.7 Å². The van der Waals surface area contributed by atoms with E-state index in [1.165, 1.54) is 16.2 Å². The van der Waals surface area contributed by atoms with E-state index >= 15 is 0 Å². The van der Waals surface area contributed by atoms with Gasteiger partial charge in [0.2, 0.25) is 0 Å². The molecule has 0 aliphatic rings. The van der Waals surface area contributed by atoms with Crippen LogP contribution in [0.2, 0.25) is 0 Å². The highest BCUT2D eigenvalue weighted by atomic mass is 16.3. The Morgan fingerprint density at radius 3 is 1.43 bits per heavy atom. The van der Waals surface area contributed by atoms with Gasteiger partial charge in [-0.3, -0.25) is 0 Å². The molecular formula is C55H31N3O2. The highest BCUT2D eigenvalue weighted by molar-refractivity contribution is 6.19. The Morgan fingerprint density at radius 2 is 0.717 bits per heavy atom. The van der Waals surface area contributed by atoms with Gasteiger partial charge in [0.05, 0.1) is 0 Å². The van der Waals surface area contributed by atoms with Crippen LogP contribution in [0.25, 0.3) is 132 Å². The first-order valence-electron chi connectivity index (χ1n) is 20.2. The van der Waals surface area contributed by atoms with Gasteiger partial charge in [0.25, 0.3) is 0 Å². The summed E-state index contributed by atoms with van der Waals surface area (Å²) in [4.78, 5) is 15.6. The second kappa shape index (κ2) is 12.7. The standard InChI is InChI=1S/C55H31N3O2/c1-2-11-39-32(9-1)19-20-34-30-37(21-25-40(34)39)54-56-53(57-55(58-54)38-23-27-42-35(31-38)24-28-50-51(42)45-12-3-5-16-47(45)60-50)36-22-26-41-33(29-36)10-7-14-43(41)44-15-8-18-49-52(44)46-13-4-6-17-48(46)59-49/h1-31H. The molecule has 3 heterocycles. The molecule has 13 rings (SSSR count). The molecule has 0 bridgehead atoms. The third-order valence-corrected chi connectivity index (χ3v) is 12.1. The zero-order valence-corrected chi connectivity index (χ0v) is 32.1. The highest BCUT2D eigenvalue weighted by Gasteiger charge is 2.18. The van der Waals surface area contributed by atoms with E-state index < -0.39 is 0 Å². The SMILES string of the molecule is c1cc(-c2cccc3oc4ccccc4c23)c2ccc(-c3nc(-c4ccc5c(ccc6ccccc65)c4)nc(-c4ccc5c(ccc6oc7ccccc7c65)c4)n3)cc2c1. The monoisotopic (exact) mass is 765 g/mol. The van der Waals surface area contributed by atoms with Crippen LogP contribution < -0.4 is 0 Å². The number of nitrogens with zero attached hydrogens (tertiary/aromatic N) is 3. The number of hydrogen-bond donors (Lipinski definition) is 0. The second-order valence-electron chi connectivity index (χ2n) is 15.5. The largest absolute Gasteiger partial charge is 0.456 e. The van der Waals surface area contributed by atoms with Gasteiger partial charge in [-0.25, -0.2) is 15.0 Å². The summed E-state index contributed by atoms with van der Waals surface area (Å²) in [6.45, 7) is 0. The molecule has 10 aromatic carbocycles. The van der Waals surface area contributed by atoms with E-state index in [2.05, 4.69) is 158 Å². The summed E-state index contributed by atoms with van der Waals surface area (Å²) in [5.41, 5.74) is 8.57. The molecule has 13 aromatic rings. The second-order valence-corrected chi connectivity index (χ2v) is 15.5. The van der Waals surface area contributed by atoms with Gasteiger partial charge >= 0.3 is 0 Å². The first-order chi connectivity index (χ1) is 29.7. The summed E-state index contributed by atoms with van der Waals surface area (Å²) in [5.74, 6) is 1.84. The van der Waals surface area contributed by atoms with Crippen molar-refractivity contribution in [3.05, 3.63) is 188 Å². The third-order valence-electron chi connectivity index (χ3n) is 12.1. The van der Waals surface area contributed by atoms with Gasteiger partial charge in [0.15, 0.2) is 17.5 Å². The van der Waals surface area contributed by atoms with E-state index in [4.69, 9.17) is 23.8 Å².